The zero-order valence-corrected chi connectivity index (χ0v) is 16.2. The Balaban J connectivity index is 1.47. The van der Waals surface area contributed by atoms with Crippen LogP contribution in [-0.2, 0) is 12.7 Å². The Hall–Kier alpha value is -4.02. The first-order valence-corrected chi connectivity index (χ1v) is 9.13. The van der Waals surface area contributed by atoms with Crippen LogP contribution < -0.4 is 5.32 Å². The minimum absolute atomic E-state index is 0.172. The molecular weight excluding hydrogens is 411 g/mol. The van der Waals surface area contributed by atoms with Crippen LogP contribution in [0.25, 0.3) is 5.82 Å². The Morgan fingerprint density at radius 1 is 1.10 bits per heavy atom. The van der Waals surface area contributed by atoms with Crippen molar-refractivity contribution in [3.05, 3.63) is 83.7 Å². The van der Waals surface area contributed by atoms with Gasteiger partial charge in [-0.05, 0) is 36.8 Å². The zero-order valence-electron chi connectivity index (χ0n) is 16.2. The summed E-state index contributed by atoms with van der Waals surface area (Å²) in [5, 5.41) is 11.1. The van der Waals surface area contributed by atoms with Crippen LogP contribution in [0.1, 0.15) is 27.2 Å². The summed E-state index contributed by atoms with van der Waals surface area (Å²) >= 11 is 0. The van der Waals surface area contributed by atoms with Crippen molar-refractivity contribution in [3.8, 4) is 5.82 Å². The van der Waals surface area contributed by atoms with Crippen LogP contribution in [0.15, 0.2) is 61.3 Å². The smallest absolute Gasteiger partial charge is 0.305 e. The minimum atomic E-state index is -4.48. The van der Waals surface area contributed by atoms with Crippen LogP contribution in [0, 0.1) is 6.92 Å². The number of alkyl halides is 3. The van der Waals surface area contributed by atoms with E-state index in [0.29, 0.717) is 18.1 Å². The topological polar surface area (TPSA) is 90.5 Å². The third-order valence-electron chi connectivity index (χ3n) is 4.52. The van der Waals surface area contributed by atoms with Crippen molar-refractivity contribution in [1.29, 1.82) is 0 Å². The van der Waals surface area contributed by atoms with E-state index in [9.17, 15) is 18.0 Å². The molecule has 0 aliphatic heterocycles. The quantitative estimate of drug-likeness (QED) is 0.527. The van der Waals surface area contributed by atoms with Gasteiger partial charge in [-0.15, -0.1) is 0 Å². The molecule has 8 nitrogen and oxygen atoms in total. The second-order valence-electron chi connectivity index (χ2n) is 6.67. The molecule has 31 heavy (non-hydrogen) atoms. The summed E-state index contributed by atoms with van der Waals surface area (Å²) in [4.78, 5) is 20.4. The van der Waals surface area contributed by atoms with Gasteiger partial charge in [0, 0.05) is 30.9 Å². The van der Waals surface area contributed by atoms with Crippen molar-refractivity contribution in [2.75, 3.05) is 5.32 Å². The van der Waals surface area contributed by atoms with Crippen LogP contribution in [0.2, 0.25) is 0 Å². The van der Waals surface area contributed by atoms with Crippen molar-refractivity contribution < 1.29 is 18.0 Å². The van der Waals surface area contributed by atoms with E-state index in [0.717, 1.165) is 17.8 Å². The summed E-state index contributed by atoms with van der Waals surface area (Å²) in [6.45, 7) is 2.15. The van der Waals surface area contributed by atoms with Gasteiger partial charge in [-0.1, -0.05) is 0 Å². The van der Waals surface area contributed by atoms with Gasteiger partial charge in [0.2, 0.25) is 0 Å². The number of nitrogens with one attached hydrogen (secondary N) is 1. The molecule has 4 rings (SSSR count). The maximum Gasteiger partial charge on any atom is 0.417 e. The fourth-order valence-corrected chi connectivity index (χ4v) is 2.92. The third kappa shape index (κ3) is 4.44. The molecular formula is C20H16F3N7O. The molecule has 0 radical (unpaired) electrons. The van der Waals surface area contributed by atoms with Crippen molar-refractivity contribution in [2.24, 2.45) is 0 Å². The van der Waals surface area contributed by atoms with E-state index in [1.165, 1.54) is 16.9 Å². The average molecular weight is 427 g/mol. The van der Waals surface area contributed by atoms with Gasteiger partial charge in [0.25, 0.3) is 5.91 Å². The Kier molecular flexibility index (Phi) is 5.24. The average Bonchev–Trinajstić information content (AvgIpc) is 3.34. The third-order valence-corrected chi connectivity index (χ3v) is 4.52. The first-order chi connectivity index (χ1) is 14.8. The lowest BCUT2D eigenvalue weighted by molar-refractivity contribution is -0.137. The highest BCUT2D eigenvalue weighted by atomic mass is 19.4. The molecule has 0 aliphatic rings. The highest BCUT2D eigenvalue weighted by Crippen LogP contribution is 2.28. The highest BCUT2D eigenvalue weighted by molar-refractivity contribution is 6.04. The van der Waals surface area contributed by atoms with Crippen LogP contribution in [0.4, 0.5) is 19.0 Å². The molecule has 0 saturated carbocycles. The highest BCUT2D eigenvalue weighted by Gasteiger charge is 2.30. The lowest BCUT2D eigenvalue weighted by atomic mass is 10.2. The molecule has 0 aliphatic carbocycles. The summed E-state index contributed by atoms with van der Waals surface area (Å²) < 4.78 is 41.1. The van der Waals surface area contributed by atoms with Gasteiger partial charge in [0.15, 0.2) is 11.6 Å². The number of hydrogen-bond donors (Lipinski definition) is 1. The van der Waals surface area contributed by atoms with Crippen molar-refractivity contribution in [3.63, 3.8) is 0 Å². The number of aromatic nitrogens is 6. The molecule has 4 aromatic rings. The number of anilines is 1. The summed E-state index contributed by atoms with van der Waals surface area (Å²) in [6, 6.07) is 7.51. The summed E-state index contributed by atoms with van der Waals surface area (Å²) in [5.74, 6) is 0.0925. The standard InChI is InChI=1S/C20H16F3N7O/c1-13-16(11-26-30(13)18-3-2-15(10-25-18)20(21,22)23)19(31)27-17-6-9-29(28-17)12-14-4-7-24-8-5-14/h2-11H,12H2,1H3,(H,27,28,31). The van der Waals surface area contributed by atoms with E-state index in [1.807, 2.05) is 12.1 Å². The molecule has 11 heteroatoms. The molecule has 1 N–H and O–H groups in total. The van der Waals surface area contributed by atoms with E-state index in [2.05, 4.69) is 25.5 Å². The Morgan fingerprint density at radius 2 is 1.87 bits per heavy atom. The largest absolute Gasteiger partial charge is 0.417 e. The number of hydrogen-bond acceptors (Lipinski definition) is 5. The van der Waals surface area contributed by atoms with Crippen LogP contribution in [0.5, 0.6) is 0 Å². The van der Waals surface area contributed by atoms with Crippen LogP contribution in [0.3, 0.4) is 0 Å². The summed E-state index contributed by atoms with van der Waals surface area (Å²) in [5.41, 5.74) is 0.838. The lowest BCUT2D eigenvalue weighted by Crippen LogP contribution is -2.14. The number of halogens is 3. The van der Waals surface area contributed by atoms with Gasteiger partial charge < -0.3 is 5.32 Å². The van der Waals surface area contributed by atoms with Gasteiger partial charge in [0.05, 0.1) is 29.6 Å². The molecule has 0 spiro atoms. The summed E-state index contributed by atoms with van der Waals surface area (Å²) in [6.07, 6.45) is 2.69. The second-order valence-corrected chi connectivity index (χ2v) is 6.67. The van der Waals surface area contributed by atoms with Crippen molar-refractivity contribution in [1.82, 2.24) is 29.5 Å². The van der Waals surface area contributed by atoms with E-state index in [1.54, 1.807) is 36.3 Å². The number of carbonyl (C=O) groups excluding carboxylic acids is 1. The lowest BCUT2D eigenvalue weighted by Gasteiger charge is -2.08. The predicted molar refractivity (Wildman–Crippen MR) is 105 cm³/mol. The molecule has 1 amide bonds. The Bertz CT molecular complexity index is 1200. The molecule has 0 atom stereocenters. The number of rotatable bonds is 5. The zero-order chi connectivity index (χ0) is 22.0. The SMILES string of the molecule is Cc1c(C(=O)Nc2ccn(Cc3ccncc3)n2)cnn1-c1ccc(C(F)(F)F)cn1. The molecule has 4 heterocycles. The molecule has 0 saturated heterocycles. The van der Waals surface area contributed by atoms with Crippen LogP contribution >= 0.6 is 0 Å². The maximum absolute atomic E-state index is 12.7. The number of carbonyl (C=O) groups is 1. The molecule has 0 bridgehead atoms. The van der Waals surface area contributed by atoms with E-state index in [-0.39, 0.29) is 11.4 Å². The first-order valence-electron chi connectivity index (χ1n) is 9.13. The second kappa shape index (κ2) is 8.01. The number of nitrogens with zero attached hydrogens (tertiary/aromatic N) is 6. The van der Waals surface area contributed by atoms with Crippen molar-refractivity contribution in [2.45, 2.75) is 19.6 Å². The normalized spacial score (nSPS) is 11.5. The van der Waals surface area contributed by atoms with E-state index in [4.69, 9.17) is 0 Å². The molecule has 0 unspecified atom stereocenters. The minimum Gasteiger partial charge on any atom is -0.305 e. The monoisotopic (exact) mass is 427 g/mol. The van der Waals surface area contributed by atoms with Gasteiger partial charge in [-0.2, -0.15) is 23.4 Å². The Morgan fingerprint density at radius 3 is 2.55 bits per heavy atom. The molecule has 0 aromatic carbocycles. The first kappa shape index (κ1) is 20.3. The maximum atomic E-state index is 12.7. The number of amides is 1. The molecule has 158 valence electrons. The summed E-state index contributed by atoms with van der Waals surface area (Å²) in [7, 11) is 0. The fraction of sp³-hybridized carbons (Fsp3) is 0.150. The fourth-order valence-electron chi connectivity index (χ4n) is 2.92. The van der Waals surface area contributed by atoms with Gasteiger partial charge in [-0.25, -0.2) is 9.67 Å². The molecule has 4 aromatic heterocycles. The van der Waals surface area contributed by atoms with Gasteiger partial charge in [-0.3, -0.25) is 14.5 Å². The Labute approximate surface area is 174 Å². The predicted octanol–water partition coefficient (Wildman–Crippen LogP) is 3.49. The molecule has 0 fully saturated rings. The van der Waals surface area contributed by atoms with Gasteiger partial charge in [0.1, 0.15) is 0 Å². The van der Waals surface area contributed by atoms with Crippen molar-refractivity contribution >= 4 is 11.7 Å². The van der Waals surface area contributed by atoms with Crippen LogP contribution in [-0.4, -0.2) is 35.4 Å². The van der Waals surface area contributed by atoms with E-state index >= 15 is 0 Å². The number of pyridine rings is 2. The van der Waals surface area contributed by atoms with E-state index < -0.39 is 17.6 Å². The van der Waals surface area contributed by atoms with Gasteiger partial charge >= 0.3 is 6.18 Å².